The van der Waals surface area contributed by atoms with Crippen molar-refractivity contribution in [1.29, 1.82) is 0 Å². The number of ketones is 1. The maximum atomic E-state index is 13.2. The molecule has 1 unspecified atom stereocenters. The highest BCUT2D eigenvalue weighted by molar-refractivity contribution is 6.46. The van der Waals surface area contributed by atoms with E-state index in [2.05, 4.69) is 4.90 Å². The van der Waals surface area contributed by atoms with Crippen LogP contribution in [0.25, 0.3) is 5.76 Å². The number of carbonyl (C=O) groups excluding carboxylic acids is 3. The summed E-state index contributed by atoms with van der Waals surface area (Å²) in [5.41, 5.74) is 6.20. The molecule has 2 aliphatic heterocycles. The van der Waals surface area contributed by atoms with Gasteiger partial charge in [0, 0.05) is 31.7 Å². The lowest BCUT2D eigenvalue weighted by Crippen LogP contribution is -2.38. The van der Waals surface area contributed by atoms with Crippen LogP contribution in [0, 0.1) is 0 Å². The minimum atomic E-state index is -0.781. The maximum Gasteiger partial charge on any atom is 0.295 e. The normalized spacial score (nSPS) is 19.7. The molecule has 0 aliphatic carbocycles. The zero-order chi connectivity index (χ0) is 26.4. The number of nitrogens with two attached hydrogens (primary N) is 1. The third kappa shape index (κ3) is 6.10. The van der Waals surface area contributed by atoms with E-state index in [4.69, 9.17) is 19.9 Å². The van der Waals surface area contributed by atoms with Crippen LogP contribution >= 0.6 is 0 Å². The molecule has 2 amide bonds. The van der Waals surface area contributed by atoms with Gasteiger partial charge in [-0.3, -0.25) is 19.3 Å². The summed E-state index contributed by atoms with van der Waals surface area (Å²) >= 11 is 0. The highest BCUT2D eigenvalue weighted by Gasteiger charge is 2.45. The van der Waals surface area contributed by atoms with Crippen molar-refractivity contribution < 1.29 is 33.7 Å². The Hall–Kier alpha value is -3.89. The van der Waals surface area contributed by atoms with Gasteiger partial charge in [-0.1, -0.05) is 12.1 Å². The first-order valence-corrected chi connectivity index (χ1v) is 12.1. The Balaban J connectivity index is 1.64. The van der Waals surface area contributed by atoms with Gasteiger partial charge in [0.2, 0.25) is 0 Å². The quantitative estimate of drug-likeness (QED) is 0.281. The number of likely N-dealkylation sites (tertiary alicyclic amines) is 1. The van der Waals surface area contributed by atoms with Crippen LogP contribution < -0.4 is 15.2 Å². The molecule has 2 heterocycles. The van der Waals surface area contributed by atoms with Crippen molar-refractivity contribution in [1.82, 2.24) is 9.80 Å². The summed E-state index contributed by atoms with van der Waals surface area (Å²) in [4.78, 5) is 41.2. The van der Waals surface area contributed by atoms with E-state index in [1.165, 1.54) is 12.0 Å². The number of hydrogen-bond donors (Lipinski definition) is 2. The molecule has 10 heteroatoms. The first-order chi connectivity index (χ1) is 17.9. The number of rotatable bonds is 10. The Bertz CT molecular complexity index is 1160. The van der Waals surface area contributed by atoms with Gasteiger partial charge in [0.15, 0.2) is 6.61 Å². The Morgan fingerprint density at radius 2 is 1.68 bits per heavy atom. The molecule has 0 aromatic heterocycles. The number of hydrogen-bond acceptors (Lipinski definition) is 8. The molecular weight excluding hydrogens is 478 g/mol. The van der Waals surface area contributed by atoms with E-state index in [-0.39, 0.29) is 17.9 Å². The number of methoxy groups -OCH3 is 1. The Morgan fingerprint density at radius 3 is 2.30 bits per heavy atom. The van der Waals surface area contributed by atoms with Crippen LogP contribution in [0.2, 0.25) is 0 Å². The van der Waals surface area contributed by atoms with Gasteiger partial charge < -0.3 is 30.0 Å². The van der Waals surface area contributed by atoms with Crippen molar-refractivity contribution in [3.05, 3.63) is 65.2 Å². The number of aliphatic hydroxyl groups is 1. The predicted molar refractivity (Wildman–Crippen MR) is 135 cm³/mol. The van der Waals surface area contributed by atoms with E-state index < -0.39 is 23.6 Å². The van der Waals surface area contributed by atoms with E-state index in [0.29, 0.717) is 48.8 Å². The molecule has 0 radical (unpaired) electrons. The number of nitrogens with zero attached hydrogens (tertiary/aromatic N) is 2. The van der Waals surface area contributed by atoms with E-state index >= 15 is 0 Å². The van der Waals surface area contributed by atoms with Crippen LogP contribution in [0.1, 0.15) is 23.6 Å². The molecular formula is C27H31N3O7. The van der Waals surface area contributed by atoms with Crippen LogP contribution in [0.5, 0.6) is 11.5 Å². The van der Waals surface area contributed by atoms with Gasteiger partial charge in [-0.05, 0) is 48.4 Å². The molecule has 2 aromatic rings. The lowest BCUT2D eigenvalue weighted by atomic mass is 9.95. The Kier molecular flexibility index (Phi) is 8.42. The topological polar surface area (TPSA) is 132 Å². The molecule has 2 fully saturated rings. The second-order valence-electron chi connectivity index (χ2n) is 8.85. The van der Waals surface area contributed by atoms with Gasteiger partial charge in [0.1, 0.15) is 17.3 Å². The zero-order valence-corrected chi connectivity index (χ0v) is 20.7. The van der Waals surface area contributed by atoms with E-state index in [0.717, 1.165) is 19.6 Å². The molecule has 2 aliphatic rings. The third-order valence-electron chi connectivity index (χ3n) is 6.46. The number of primary amides is 1. The Morgan fingerprint density at radius 1 is 1.03 bits per heavy atom. The molecule has 2 aromatic carbocycles. The lowest BCUT2D eigenvalue weighted by Gasteiger charge is -2.29. The van der Waals surface area contributed by atoms with Gasteiger partial charge in [-0.25, -0.2) is 0 Å². The number of morpholine rings is 1. The van der Waals surface area contributed by atoms with Crippen molar-refractivity contribution in [2.24, 2.45) is 5.73 Å². The minimum absolute atomic E-state index is 0.0207. The SMILES string of the molecule is COc1ccc(C(O)=C2C(=O)C(=O)N(CCCN3CCOCC3)C2c2ccc(OCC(N)=O)cc2)cc1. The number of ether oxygens (including phenoxy) is 3. The average Bonchev–Trinajstić information content (AvgIpc) is 3.17. The molecule has 0 bridgehead atoms. The molecule has 0 saturated carbocycles. The van der Waals surface area contributed by atoms with Gasteiger partial charge in [-0.15, -0.1) is 0 Å². The van der Waals surface area contributed by atoms with Gasteiger partial charge in [-0.2, -0.15) is 0 Å². The summed E-state index contributed by atoms with van der Waals surface area (Å²) in [6, 6.07) is 12.5. The number of amides is 2. The van der Waals surface area contributed by atoms with Gasteiger partial charge >= 0.3 is 0 Å². The van der Waals surface area contributed by atoms with E-state index in [9.17, 15) is 19.5 Å². The van der Waals surface area contributed by atoms with Crippen molar-refractivity contribution in [2.45, 2.75) is 12.5 Å². The van der Waals surface area contributed by atoms with Gasteiger partial charge in [0.05, 0.1) is 31.9 Å². The first kappa shape index (κ1) is 26.2. The fourth-order valence-corrected chi connectivity index (χ4v) is 4.55. The van der Waals surface area contributed by atoms with Crippen LogP contribution in [-0.4, -0.2) is 85.6 Å². The largest absolute Gasteiger partial charge is 0.507 e. The predicted octanol–water partition coefficient (Wildman–Crippen LogP) is 1.70. The second kappa shape index (κ2) is 11.9. The molecule has 1 atom stereocenters. The molecule has 0 spiro atoms. The number of aliphatic hydroxyl groups excluding tert-OH is 1. The fraction of sp³-hybridized carbons (Fsp3) is 0.370. The zero-order valence-electron chi connectivity index (χ0n) is 20.7. The molecule has 196 valence electrons. The second-order valence-corrected chi connectivity index (χ2v) is 8.85. The summed E-state index contributed by atoms with van der Waals surface area (Å²) in [5, 5.41) is 11.2. The summed E-state index contributed by atoms with van der Waals surface area (Å²) in [7, 11) is 1.54. The monoisotopic (exact) mass is 509 g/mol. The Labute approximate surface area is 215 Å². The smallest absolute Gasteiger partial charge is 0.295 e. The fourth-order valence-electron chi connectivity index (χ4n) is 4.55. The minimum Gasteiger partial charge on any atom is -0.507 e. The van der Waals surface area contributed by atoms with Crippen molar-refractivity contribution in [3.63, 3.8) is 0 Å². The molecule has 3 N–H and O–H groups in total. The van der Waals surface area contributed by atoms with Crippen LogP contribution in [0.15, 0.2) is 54.1 Å². The average molecular weight is 510 g/mol. The van der Waals surface area contributed by atoms with E-state index in [1.807, 2.05) is 0 Å². The summed E-state index contributed by atoms with van der Waals surface area (Å²) in [6.45, 7) is 3.84. The molecule has 37 heavy (non-hydrogen) atoms. The highest BCUT2D eigenvalue weighted by atomic mass is 16.5. The maximum absolute atomic E-state index is 13.2. The van der Waals surface area contributed by atoms with Gasteiger partial charge in [0.25, 0.3) is 17.6 Å². The first-order valence-electron chi connectivity index (χ1n) is 12.1. The molecule has 10 nitrogen and oxygen atoms in total. The number of Topliss-reactive ketones (excluding diaryl/α,β-unsaturated/α-hetero) is 1. The summed E-state index contributed by atoms with van der Waals surface area (Å²) in [5.74, 6) is -1.23. The van der Waals surface area contributed by atoms with Crippen LogP contribution in [0.4, 0.5) is 0 Å². The highest BCUT2D eigenvalue weighted by Crippen LogP contribution is 2.40. The molecule has 4 rings (SSSR count). The molecule has 2 saturated heterocycles. The van der Waals surface area contributed by atoms with Crippen LogP contribution in [0.3, 0.4) is 0 Å². The van der Waals surface area contributed by atoms with Crippen molar-refractivity contribution in [3.8, 4) is 11.5 Å². The number of benzene rings is 2. The van der Waals surface area contributed by atoms with Crippen molar-refractivity contribution in [2.75, 3.05) is 53.1 Å². The standard InChI is InChI=1S/C27H31N3O7/c1-35-20-7-5-19(6-8-20)25(32)23-24(18-3-9-21(10-4-18)37-17-22(28)31)30(27(34)26(23)33)12-2-11-29-13-15-36-16-14-29/h3-10,24,32H,2,11-17H2,1H3,(H2,28,31). The third-order valence-corrected chi connectivity index (χ3v) is 6.46. The lowest BCUT2D eigenvalue weighted by molar-refractivity contribution is -0.140. The summed E-state index contributed by atoms with van der Waals surface area (Å²) < 4.78 is 15.9. The number of carbonyl (C=O) groups is 3. The van der Waals surface area contributed by atoms with Crippen molar-refractivity contribution >= 4 is 23.4 Å². The van der Waals surface area contributed by atoms with E-state index in [1.54, 1.807) is 48.5 Å². The summed E-state index contributed by atoms with van der Waals surface area (Å²) in [6.07, 6.45) is 0.659. The van der Waals surface area contributed by atoms with Crippen LogP contribution in [-0.2, 0) is 19.1 Å².